The van der Waals surface area contributed by atoms with Gasteiger partial charge >= 0.3 is 0 Å². The zero-order valence-corrected chi connectivity index (χ0v) is 11.1. The fraction of sp³-hybridized carbons (Fsp3) is 0.700. The average Bonchev–Trinajstić information content (AvgIpc) is 2.66. The monoisotopic (exact) mass is 255 g/mol. The van der Waals surface area contributed by atoms with Gasteiger partial charge in [-0.25, -0.2) is 0 Å². The molecule has 0 spiro atoms. The van der Waals surface area contributed by atoms with Crippen LogP contribution in [0.3, 0.4) is 0 Å². The molecule has 7 heteroatoms. The number of anilines is 1. The van der Waals surface area contributed by atoms with E-state index in [2.05, 4.69) is 15.1 Å². The number of hydrogen-bond donors (Lipinski definition) is 1. The lowest BCUT2D eigenvalue weighted by Crippen LogP contribution is -2.61. The van der Waals surface area contributed by atoms with Gasteiger partial charge in [-0.15, -0.1) is 10.2 Å². The number of likely N-dealkylation sites (N-methyl/N-ethyl adjacent to an activating group) is 1. The standard InChI is InChI=1S/C10H17N5OS/c1-10(2)8(16)14(3)4-5-15(10)6-7-12-13-9(11)17-7/h4-6H2,1-3H3,(H2,11,13). The Bertz CT molecular complexity index is 430. The maximum absolute atomic E-state index is 12.1. The van der Waals surface area contributed by atoms with Gasteiger partial charge in [0.15, 0.2) is 0 Å². The van der Waals surface area contributed by atoms with Crippen LogP contribution in [0.1, 0.15) is 18.9 Å². The molecule has 0 unspecified atom stereocenters. The number of hydrogen-bond acceptors (Lipinski definition) is 6. The van der Waals surface area contributed by atoms with Gasteiger partial charge in [0, 0.05) is 20.1 Å². The van der Waals surface area contributed by atoms with Crippen molar-refractivity contribution in [3.8, 4) is 0 Å². The maximum Gasteiger partial charge on any atom is 0.242 e. The summed E-state index contributed by atoms with van der Waals surface area (Å²) in [6.45, 7) is 6.09. The highest BCUT2D eigenvalue weighted by Gasteiger charge is 2.40. The number of carbonyl (C=O) groups is 1. The molecule has 0 atom stereocenters. The lowest BCUT2D eigenvalue weighted by atomic mass is 9.98. The van der Waals surface area contributed by atoms with Crippen molar-refractivity contribution in [2.24, 2.45) is 0 Å². The SMILES string of the molecule is CN1CCN(Cc2nnc(N)s2)C(C)(C)C1=O. The molecule has 0 saturated carbocycles. The third-order valence-electron chi connectivity index (χ3n) is 3.17. The van der Waals surface area contributed by atoms with Gasteiger partial charge in [0.2, 0.25) is 11.0 Å². The van der Waals surface area contributed by atoms with Crippen LogP contribution in [0.4, 0.5) is 5.13 Å². The van der Waals surface area contributed by atoms with Crippen molar-refractivity contribution in [3.05, 3.63) is 5.01 Å². The van der Waals surface area contributed by atoms with Gasteiger partial charge in [0.1, 0.15) is 5.01 Å². The minimum absolute atomic E-state index is 0.140. The maximum atomic E-state index is 12.1. The third kappa shape index (κ3) is 2.25. The first kappa shape index (κ1) is 12.3. The molecule has 1 fully saturated rings. The van der Waals surface area contributed by atoms with Crippen LogP contribution in [-0.4, -0.2) is 51.6 Å². The minimum Gasteiger partial charge on any atom is -0.374 e. The molecule has 1 amide bonds. The van der Waals surface area contributed by atoms with E-state index in [0.29, 0.717) is 11.7 Å². The van der Waals surface area contributed by atoms with E-state index >= 15 is 0 Å². The van der Waals surface area contributed by atoms with E-state index in [1.165, 1.54) is 11.3 Å². The van der Waals surface area contributed by atoms with E-state index in [1.54, 1.807) is 4.90 Å². The highest BCUT2D eigenvalue weighted by Crippen LogP contribution is 2.25. The summed E-state index contributed by atoms with van der Waals surface area (Å²) in [4.78, 5) is 16.0. The fourth-order valence-corrected chi connectivity index (χ4v) is 2.65. The molecule has 1 aromatic heterocycles. The van der Waals surface area contributed by atoms with Crippen LogP contribution in [0.2, 0.25) is 0 Å². The lowest BCUT2D eigenvalue weighted by Gasteiger charge is -2.44. The average molecular weight is 255 g/mol. The number of nitrogens with zero attached hydrogens (tertiary/aromatic N) is 4. The molecule has 0 radical (unpaired) electrons. The second-order valence-corrected chi connectivity index (χ2v) is 5.83. The predicted octanol–water partition coefficient (Wildman–Crippen LogP) is 0.173. The largest absolute Gasteiger partial charge is 0.374 e. The molecule has 94 valence electrons. The molecule has 6 nitrogen and oxygen atoms in total. The molecule has 17 heavy (non-hydrogen) atoms. The fourth-order valence-electron chi connectivity index (χ4n) is 2.02. The summed E-state index contributed by atoms with van der Waals surface area (Å²) in [6.07, 6.45) is 0. The summed E-state index contributed by atoms with van der Waals surface area (Å²) in [6, 6.07) is 0. The van der Waals surface area contributed by atoms with Crippen molar-refractivity contribution < 1.29 is 4.79 Å². The highest BCUT2D eigenvalue weighted by molar-refractivity contribution is 7.15. The van der Waals surface area contributed by atoms with Gasteiger partial charge in [-0.2, -0.15) is 0 Å². The Labute approximate surface area is 104 Å². The Morgan fingerprint density at radius 1 is 1.41 bits per heavy atom. The van der Waals surface area contributed by atoms with Crippen LogP contribution in [-0.2, 0) is 11.3 Å². The predicted molar refractivity (Wildman–Crippen MR) is 66.4 cm³/mol. The zero-order chi connectivity index (χ0) is 12.6. The van der Waals surface area contributed by atoms with E-state index in [9.17, 15) is 4.79 Å². The molecule has 1 saturated heterocycles. The minimum atomic E-state index is -0.493. The third-order valence-corrected chi connectivity index (χ3v) is 3.91. The molecule has 0 aliphatic carbocycles. The summed E-state index contributed by atoms with van der Waals surface area (Å²) in [5.41, 5.74) is 5.06. The van der Waals surface area contributed by atoms with Gasteiger partial charge in [0.25, 0.3) is 0 Å². The molecule has 1 aliphatic heterocycles. The van der Waals surface area contributed by atoms with Gasteiger partial charge in [-0.1, -0.05) is 11.3 Å². The van der Waals surface area contributed by atoms with Crippen molar-refractivity contribution in [2.75, 3.05) is 25.9 Å². The molecular weight excluding hydrogens is 238 g/mol. The van der Waals surface area contributed by atoms with E-state index in [-0.39, 0.29) is 5.91 Å². The van der Waals surface area contributed by atoms with Crippen LogP contribution in [0.5, 0.6) is 0 Å². The highest BCUT2D eigenvalue weighted by atomic mass is 32.1. The van der Waals surface area contributed by atoms with Gasteiger partial charge in [-0.05, 0) is 13.8 Å². The smallest absolute Gasteiger partial charge is 0.242 e. The molecule has 2 N–H and O–H groups in total. The topological polar surface area (TPSA) is 75.3 Å². The van der Waals surface area contributed by atoms with E-state index in [0.717, 1.165) is 18.1 Å². The Morgan fingerprint density at radius 3 is 2.71 bits per heavy atom. The first-order valence-electron chi connectivity index (χ1n) is 5.49. The van der Waals surface area contributed by atoms with Crippen molar-refractivity contribution in [2.45, 2.75) is 25.9 Å². The van der Waals surface area contributed by atoms with Crippen LogP contribution < -0.4 is 5.73 Å². The van der Waals surface area contributed by atoms with Crippen molar-refractivity contribution >= 4 is 22.4 Å². The van der Waals surface area contributed by atoms with Crippen molar-refractivity contribution in [3.63, 3.8) is 0 Å². The Kier molecular flexibility index (Phi) is 3.05. The summed E-state index contributed by atoms with van der Waals surface area (Å²) in [7, 11) is 1.84. The molecule has 1 aromatic rings. The second kappa shape index (κ2) is 4.23. The Morgan fingerprint density at radius 2 is 2.12 bits per heavy atom. The second-order valence-electron chi connectivity index (χ2n) is 4.74. The Balaban J connectivity index is 2.13. The zero-order valence-electron chi connectivity index (χ0n) is 10.3. The normalized spacial score (nSPS) is 20.9. The van der Waals surface area contributed by atoms with Gasteiger partial charge < -0.3 is 10.6 Å². The quantitative estimate of drug-likeness (QED) is 0.815. The first-order chi connectivity index (χ1) is 7.91. The van der Waals surface area contributed by atoms with Crippen LogP contribution in [0.25, 0.3) is 0 Å². The van der Waals surface area contributed by atoms with E-state index in [4.69, 9.17) is 5.73 Å². The van der Waals surface area contributed by atoms with Crippen molar-refractivity contribution in [1.82, 2.24) is 20.0 Å². The molecule has 2 rings (SSSR count). The molecule has 1 aliphatic rings. The summed E-state index contributed by atoms with van der Waals surface area (Å²) >= 11 is 1.37. The number of rotatable bonds is 2. The summed E-state index contributed by atoms with van der Waals surface area (Å²) in [5.74, 6) is 0.140. The van der Waals surface area contributed by atoms with Crippen molar-refractivity contribution in [1.29, 1.82) is 0 Å². The van der Waals surface area contributed by atoms with E-state index in [1.807, 2.05) is 20.9 Å². The molecule has 0 bridgehead atoms. The number of aromatic nitrogens is 2. The summed E-state index contributed by atoms with van der Waals surface area (Å²) < 4.78 is 0. The van der Waals surface area contributed by atoms with Crippen LogP contribution >= 0.6 is 11.3 Å². The number of nitrogen functional groups attached to an aromatic ring is 1. The van der Waals surface area contributed by atoms with Crippen LogP contribution in [0.15, 0.2) is 0 Å². The molecule has 2 heterocycles. The van der Waals surface area contributed by atoms with Gasteiger partial charge in [0.05, 0.1) is 12.1 Å². The number of amides is 1. The van der Waals surface area contributed by atoms with E-state index < -0.39 is 5.54 Å². The molecule has 0 aromatic carbocycles. The number of carbonyl (C=O) groups excluding carboxylic acids is 1. The lowest BCUT2D eigenvalue weighted by molar-refractivity contribution is -0.147. The van der Waals surface area contributed by atoms with Gasteiger partial charge in [-0.3, -0.25) is 9.69 Å². The summed E-state index contributed by atoms with van der Waals surface area (Å²) in [5, 5.41) is 9.11. The number of nitrogens with two attached hydrogens (primary N) is 1. The number of piperazine rings is 1. The Hall–Kier alpha value is -1.21. The van der Waals surface area contributed by atoms with Crippen LogP contribution in [0, 0.1) is 0 Å². The first-order valence-corrected chi connectivity index (χ1v) is 6.31. The molecular formula is C10H17N5OS.